The number of nitrogens with one attached hydrogen (secondary N) is 1. The van der Waals surface area contributed by atoms with E-state index in [9.17, 15) is 0 Å². The summed E-state index contributed by atoms with van der Waals surface area (Å²) in [6.45, 7) is 2.52. The Balaban J connectivity index is 1.44. The largest absolute Gasteiger partial charge is 0.439 e. The fraction of sp³-hybridized carbons (Fsp3) is 0.158. The van der Waals surface area contributed by atoms with Crippen LogP contribution >= 0.6 is 0 Å². The molecule has 2 heterocycles. The van der Waals surface area contributed by atoms with Crippen molar-refractivity contribution < 1.29 is 8.83 Å². The normalized spacial score (nSPS) is 12.5. The zero-order valence-corrected chi connectivity index (χ0v) is 13.3. The van der Waals surface area contributed by atoms with Crippen LogP contribution in [0.5, 0.6) is 0 Å². The van der Waals surface area contributed by atoms with Crippen LogP contribution in [0.3, 0.4) is 0 Å². The SMILES string of the molecule is CC(NCc1nc2ccccc2o1)c1ncc(-c2ccccc2)o1. The zero-order chi connectivity index (χ0) is 16.4. The lowest BCUT2D eigenvalue weighted by molar-refractivity contribution is 0.400. The summed E-state index contributed by atoms with van der Waals surface area (Å²) in [4.78, 5) is 8.82. The van der Waals surface area contributed by atoms with Crippen molar-refractivity contribution in [2.24, 2.45) is 0 Å². The first-order chi connectivity index (χ1) is 11.8. The lowest BCUT2D eigenvalue weighted by atomic mass is 10.2. The maximum atomic E-state index is 5.85. The van der Waals surface area contributed by atoms with Gasteiger partial charge in [0, 0.05) is 5.56 Å². The van der Waals surface area contributed by atoms with Gasteiger partial charge in [-0.3, -0.25) is 5.32 Å². The Morgan fingerprint density at radius 2 is 1.79 bits per heavy atom. The number of rotatable bonds is 5. The Kier molecular flexibility index (Phi) is 3.84. The molecule has 1 atom stereocenters. The summed E-state index contributed by atoms with van der Waals surface area (Å²) in [7, 11) is 0. The van der Waals surface area contributed by atoms with Crippen molar-refractivity contribution in [3.05, 3.63) is 72.6 Å². The lowest BCUT2D eigenvalue weighted by Crippen LogP contribution is -2.18. The van der Waals surface area contributed by atoms with Crippen LogP contribution in [0.2, 0.25) is 0 Å². The highest BCUT2D eigenvalue weighted by Crippen LogP contribution is 2.23. The summed E-state index contributed by atoms with van der Waals surface area (Å²) in [5, 5.41) is 3.33. The number of hydrogen-bond donors (Lipinski definition) is 1. The first-order valence-corrected chi connectivity index (χ1v) is 7.88. The summed E-state index contributed by atoms with van der Waals surface area (Å²) in [5.74, 6) is 2.06. The van der Waals surface area contributed by atoms with E-state index >= 15 is 0 Å². The van der Waals surface area contributed by atoms with Gasteiger partial charge in [0.2, 0.25) is 11.8 Å². The second kappa shape index (κ2) is 6.29. The summed E-state index contributed by atoms with van der Waals surface area (Å²) in [5.41, 5.74) is 2.68. The van der Waals surface area contributed by atoms with E-state index in [0.717, 1.165) is 22.4 Å². The van der Waals surface area contributed by atoms with Gasteiger partial charge < -0.3 is 8.83 Å². The Morgan fingerprint density at radius 3 is 2.62 bits per heavy atom. The van der Waals surface area contributed by atoms with Gasteiger partial charge >= 0.3 is 0 Å². The minimum Gasteiger partial charge on any atom is -0.439 e. The fourth-order valence-corrected chi connectivity index (χ4v) is 2.55. The van der Waals surface area contributed by atoms with E-state index in [1.165, 1.54) is 0 Å². The van der Waals surface area contributed by atoms with Gasteiger partial charge in [-0.25, -0.2) is 9.97 Å². The third-order valence-corrected chi connectivity index (χ3v) is 3.85. The molecule has 0 spiro atoms. The molecule has 5 heteroatoms. The molecule has 0 saturated carbocycles. The lowest BCUT2D eigenvalue weighted by Gasteiger charge is -2.07. The number of benzene rings is 2. The van der Waals surface area contributed by atoms with Gasteiger partial charge in [0.05, 0.1) is 18.8 Å². The Hall–Kier alpha value is -2.92. The Labute approximate surface area is 139 Å². The van der Waals surface area contributed by atoms with Crippen LogP contribution in [0.4, 0.5) is 0 Å². The molecule has 1 N–H and O–H groups in total. The number of hydrogen-bond acceptors (Lipinski definition) is 5. The molecule has 24 heavy (non-hydrogen) atoms. The molecule has 4 aromatic rings. The van der Waals surface area contributed by atoms with Crippen LogP contribution in [0.15, 0.2) is 69.6 Å². The molecule has 1 unspecified atom stereocenters. The quantitative estimate of drug-likeness (QED) is 0.593. The van der Waals surface area contributed by atoms with Crippen molar-refractivity contribution in [1.82, 2.24) is 15.3 Å². The molecule has 0 radical (unpaired) electrons. The van der Waals surface area contributed by atoms with Gasteiger partial charge in [0.25, 0.3) is 0 Å². The minimum atomic E-state index is -0.0440. The van der Waals surface area contributed by atoms with Gasteiger partial charge in [0.1, 0.15) is 5.52 Å². The first-order valence-electron chi connectivity index (χ1n) is 7.88. The van der Waals surface area contributed by atoms with Gasteiger partial charge in [-0.05, 0) is 19.1 Å². The molecule has 0 aliphatic carbocycles. The molecular formula is C19H17N3O2. The second-order valence-corrected chi connectivity index (χ2v) is 5.61. The predicted molar refractivity (Wildman–Crippen MR) is 91.2 cm³/mol. The minimum absolute atomic E-state index is 0.0440. The predicted octanol–water partition coefficient (Wildman–Crippen LogP) is 4.33. The van der Waals surface area contributed by atoms with Gasteiger partial charge in [-0.15, -0.1) is 0 Å². The second-order valence-electron chi connectivity index (χ2n) is 5.61. The average molecular weight is 319 g/mol. The molecule has 0 aliphatic heterocycles. The molecule has 0 saturated heterocycles. The standard InChI is InChI=1S/C19H17N3O2/c1-13(19-21-11-17(24-19)14-7-3-2-4-8-14)20-12-18-22-15-9-5-6-10-16(15)23-18/h2-11,13,20H,12H2,1H3. The van der Waals surface area contributed by atoms with Gasteiger partial charge in [-0.2, -0.15) is 0 Å². The summed E-state index contributed by atoms with van der Waals surface area (Å²) in [6, 6.07) is 17.6. The number of aromatic nitrogens is 2. The smallest absolute Gasteiger partial charge is 0.211 e. The Bertz CT molecular complexity index is 910. The number of para-hydroxylation sites is 2. The molecule has 5 nitrogen and oxygen atoms in total. The molecule has 0 amide bonds. The molecule has 0 fully saturated rings. The van der Waals surface area contributed by atoms with Gasteiger partial charge in [0.15, 0.2) is 11.3 Å². The highest BCUT2D eigenvalue weighted by atomic mass is 16.4. The van der Waals surface area contributed by atoms with Crippen molar-refractivity contribution in [1.29, 1.82) is 0 Å². The number of fused-ring (bicyclic) bond motifs is 1. The van der Waals surface area contributed by atoms with Crippen LogP contribution in [0, 0.1) is 0 Å². The maximum Gasteiger partial charge on any atom is 0.211 e. The monoisotopic (exact) mass is 319 g/mol. The van der Waals surface area contributed by atoms with Crippen molar-refractivity contribution in [2.75, 3.05) is 0 Å². The zero-order valence-electron chi connectivity index (χ0n) is 13.3. The van der Waals surface area contributed by atoms with E-state index in [1.807, 2.05) is 61.5 Å². The number of oxazole rings is 2. The Morgan fingerprint density at radius 1 is 1.00 bits per heavy atom. The van der Waals surface area contributed by atoms with Crippen LogP contribution in [0.25, 0.3) is 22.4 Å². The third kappa shape index (κ3) is 2.94. The van der Waals surface area contributed by atoms with Crippen molar-refractivity contribution in [3.8, 4) is 11.3 Å². The van der Waals surface area contributed by atoms with E-state index in [2.05, 4.69) is 15.3 Å². The van der Waals surface area contributed by atoms with Crippen molar-refractivity contribution >= 4 is 11.1 Å². The van der Waals surface area contributed by atoms with Crippen LogP contribution < -0.4 is 5.32 Å². The summed E-state index contributed by atoms with van der Waals surface area (Å²) < 4.78 is 11.6. The van der Waals surface area contributed by atoms with E-state index in [4.69, 9.17) is 8.83 Å². The fourth-order valence-electron chi connectivity index (χ4n) is 2.55. The van der Waals surface area contributed by atoms with Crippen LogP contribution in [0.1, 0.15) is 24.7 Å². The molecular weight excluding hydrogens is 302 g/mol. The molecule has 2 aromatic carbocycles. The number of nitrogens with zero attached hydrogens (tertiary/aromatic N) is 2. The molecule has 0 aliphatic rings. The van der Waals surface area contributed by atoms with E-state index in [0.29, 0.717) is 18.3 Å². The van der Waals surface area contributed by atoms with Crippen LogP contribution in [-0.2, 0) is 6.54 Å². The topological polar surface area (TPSA) is 64.1 Å². The van der Waals surface area contributed by atoms with E-state index < -0.39 is 0 Å². The van der Waals surface area contributed by atoms with E-state index in [1.54, 1.807) is 6.20 Å². The summed E-state index contributed by atoms with van der Waals surface area (Å²) in [6.07, 6.45) is 1.75. The van der Waals surface area contributed by atoms with Crippen molar-refractivity contribution in [2.45, 2.75) is 19.5 Å². The maximum absolute atomic E-state index is 5.85. The average Bonchev–Trinajstić information content (AvgIpc) is 3.27. The third-order valence-electron chi connectivity index (χ3n) is 3.85. The first kappa shape index (κ1) is 14.7. The van der Waals surface area contributed by atoms with E-state index in [-0.39, 0.29) is 6.04 Å². The van der Waals surface area contributed by atoms with Gasteiger partial charge in [-0.1, -0.05) is 42.5 Å². The highest BCUT2D eigenvalue weighted by Gasteiger charge is 2.14. The molecule has 0 bridgehead atoms. The molecule has 4 rings (SSSR count). The molecule has 120 valence electrons. The van der Waals surface area contributed by atoms with Crippen LogP contribution in [-0.4, -0.2) is 9.97 Å². The highest BCUT2D eigenvalue weighted by molar-refractivity contribution is 5.72. The van der Waals surface area contributed by atoms with Crippen molar-refractivity contribution in [3.63, 3.8) is 0 Å². The molecule has 2 aromatic heterocycles. The summed E-state index contributed by atoms with van der Waals surface area (Å²) >= 11 is 0.